The van der Waals surface area contributed by atoms with E-state index in [0.29, 0.717) is 11.6 Å². The lowest BCUT2D eigenvalue weighted by molar-refractivity contribution is 0.301. The largest absolute Gasteiger partial charge is 0.487 e. The summed E-state index contributed by atoms with van der Waals surface area (Å²) in [7, 11) is 0. The van der Waals surface area contributed by atoms with Gasteiger partial charge in [0.05, 0.1) is 5.02 Å². The van der Waals surface area contributed by atoms with Crippen molar-refractivity contribution in [1.29, 1.82) is 0 Å². The number of nitrogens with one attached hydrogen (secondary N) is 1. The van der Waals surface area contributed by atoms with Crippen molar-refractivity contribution >= 4 is 11.6 Å². The lowest BCUT2D eigenvalue weighted by atomic mass is 10.1. The Kier molecular flexibility index (Phi) is 5.66. The third-order valence-corrected chi connectivity index (χ3v) is 3.79. The number of para-hydroxylation sites is 1. The highest BCUT2D eigenvalue weighted by Gasteiger charge is 2.09. The molecule has 0 aliphatic heterocycles. The highest BCUT2D eigenvalue weighted by atomic mass is 35.5. The molecule has 2 nitrogen and oxygen atoms in total. The van der Waals surface area contributed by atoms with Gasteiger partial charge in [-0.15, -0.1) is 0 Å². The van der Waals surface area contributed by atoms with Crippen LogP contribution in [0.5, 0.6) is 5.75 Å². The van der Waals surface area contributed by atoms with Crippen LogP contribution in [0.25, 0.3) is 0 Å². The Balaban J connectivity index is 2.17. The van der Waals surface area contributed by atoms with Crippen LogP contribution in [-0.2, 0) is 13.2 Å². The van der Waals surface area contributed by atoms with E-state index < -0.39 is 0 Å². The average molecular weight is 304 g/mol. The van der Waals surface area contributed by atoms with Gasteiger partial charge >= 0.3 is 0 Å². The van der Waals surface area contributed by atoms with E-state index in [1.807, 2.05) is 18.2 Å². The zero-order chi connectivity index (χ0) is 15.2. The molecule has 0 aliphatic rings. The molecule has 1 N–H and O–H groups in total. The van der Waals surface area contributed by atoms with E-state index in [2.05, 4.69) is 44.3 Å². The molecule has 0 heterocycles. The molecule has 0 bridgehead atoms. The summed E-state index contributed by atoms with van der Waals surface area (Å²) in [5.41, 5.74) is 4.77. The first kappa shape index (κ1) is 15.9. The van der Waals surface area contributed by atoms with Gasteiger partial charge in [-0.2, -0.15) is 0 Å². The molecule has 21 heavy (non-hydrogen) atoms. The second-order valence-electron chi connectivity index (χ2n) is 5.23. The summed E-state index contributed by atoms with van der Waals surface area (Å²) in [5, 5.41) is 3.97. The number of benzene rings is 2. The molecular weight excluding hydrogens is 282 g/mol. The Morgan fingerprint density at radius 3 is 2.67 bits per heavy atom. The van der Waals surface area contributed by atoms with Crippen LogP contribution in [-0.4, -0.2) is 6.54 Å². The third kappa shape index (κ3) is 4.23. The summed E-state index contributed by atoms with van der Waals surface area (Å²) in [4.78, 5) is 0. The summed E-state index contributed by atoms with van der Waals surface area (Å²) < 4.78 is 6.01. The normalized spacial score (nSPS) is 10.7. The van der Waals surface area contributed by atoms with Crippen molar-refractivity contribution in [2.75, 3.05) is 6.54 Å². The highest BCUT2D eigenvalue weighted by molar-refractivity contribution is 6.32. The minimum absolute atomic E-state index is 0.538. The number of hydrogen-bond donors (Lipinski definition) is 1. The summed E-state index contributed by atoms with van der Waals surface area (Å²) in [6.45, 7) is 8.50. The molecule has 0 radical (unpaired) electrons. The van der Waals surface area contributed by atoms with Crippen molar-refractivity contribution in [2.24, 2.45) is 0 Å². The minimum Gasteiger partial charge on any atom is -0.487 e. The second kappa shape index (κ2) is 7.48. The van der Waals surface area contributed by atoms with Gasteiger partial charge < -0.3 is 10.1 Å². The van der Waals surface area contributed by atoms with Gasteiger partial charge in [-0.3, -0.25) is 0 Å². The van der Waals surface area contributed by atoms with Crippen molar-refractivity contribution in [3.05, 3.63) is 63.7 Å². The predicted octanol–water partition coefficient (Wildman–Crippen LogP) is 4.65. The Bertz CT molecular complexity index is 610. The fourth-order valence-corrected chi connectivity index (χ4v) is 2.47. The summed E-state index contributed by atoms with van der Waals surface area (Å²) in [5.74, 6) is 0.779. The van der Waals surface area contributed by atoms with E-state index in [-0.39, 0.29) is 0 Å². The molecule has 0 saturated heterocycles. The second-order valence-corrected chi connectivity index (χ2v) is 5.63. The number of rotatable bonds is 6. The zero-order valence-corrected chi connectivity index (χ0v) is 13.6. The molecule has 2 aromatic rings. The Morgan fingerprint density at radius 1 is 1.10 bits per heavy atom. The standard InChI is InChI=1S/C18H22ClNO/c1-4-20-11-15-6-5-7-17(19)18(15)21-12-16-10-13(2)8-9-14(16)3/h5-10,20H,4,11-12H2,1-3H3. The molecule has 0 saturated carbocycles. The average Bonchev–Trinajstić information content (AvgIpc) is 2.47. The molecule has 2 rings (SSSR count). The lowest BCUT2D eigenvalue weighted by Crippen LogP contribution is -2.13. The maximum Gasteiger partial charge on any atom is 0.142 e. The molecule has 3 heteroatoms. The first-order valence-corrected chi connectivity index (χ1v) is 7.66. The molecular formula is C18H22ClNO. The van der Waals surface area contributed by atoms with Crippen LogP contribution < -0.4 is 10.1 Å². The van der Waals surface area contributed by atoms with Crippen LogP contribution in [0.4, 0.5) is 0 Å². The fraction of sp³-hybridized carbons (Fsp3) is 0.333. The molecule has 2 aromatic carbocycles. The highest BCUT2D eigenvalue weighted by Crippen LogP contribution is 2.29. The smallest absolute Gasteiger partial charge is 0.142 e. The first-order chi connectivity index (χ1) is 10.1. The van der Waals surface area contributed by atoms with Crippen molar-refractivity contribution in [1.82, 2.24) is 5.32 Å². The van der Waals surface area contributed by atoms with Crippen molar-refractivity contribution in [2.45, 2.75) is 33.9 Å². The molecule has 0 aliphatic carbocycles. The quantitative estimate of drug-likeness (QED) is 0.839. The molecule has 0 spiro atoms. The van der Waals surface area contributed by atoms with Crippen LogP contribution >= 0.6 is 11.6 Å². The summed E-state index contributed by atoms with van der Waals surface area (Å²) >= 11 is 6.29. The van der Waals surface area contributed by atoms with Gasteiger partial charge in [0.2, 0.25) is 0 Å². The van der Waals surface area contributed by atoms with Crippen LogP contribution in [0.15, 0.2) is 36.4 Å². The van der Waals surface area contributed by atoms with Gasteiger partial charge in [0, 0.05) is 12.1 Å². The van der Waals surface area contributed by atoms with Gasteiger partial charge in [0.25, 0.3) is 0 Å². The van der Waals surface area contributed by atoms with Gasteiger partial charge in [0.1, 0.15) is 12.4 Å². The van der Waals surface area contributed by atoms with E-state index in [9.17, 15) is 0 Å². The fourth-order valence-electron chi connectivity index (χ4n) is 2.22. The van der Waals surface area contributed by atoms with Crippen molar-refractivity contribution in [3.8, 4) is 5.75 Å². The Morgan fingerprint density at radius 2 is 1.90 bits per heavy atom. The number of ether oxygens (including phenoxy) is 1. The lowest BCUT2D eigenvalue weighted by Gasteiger charge is -2.15. The molecule has 0 amide bonds. The molecule has 0 unspecified atom stereocenters. The summed E-state index contributed by atoms with van der Waals surface area (Å²) in [6, 6.07) is 12.3. The molecule has 0 atom stereocenters. The van der Waals surface area contributed by atoms with Crippen LogP contribution in [0.3, 0.4) is 0 Å². The van der Waals surface area contributed by atoms with E-state index in [1.165, 1.54) is 16.7 Å². The van der Waals surface area contributed by atoms with E-state index in [1.54, 1.807) is 0 Å². The maximum atomic E-state index is 6.29. The monoisotopic (exact) mass is 303 g/mol. The third-order valence-electron chi connectivity index (χ3n) is 3.49. The number of hydrogen-bond acceptors (Lipinski definition) is 2. The van der Waals surface area contributed by atoms with Crippen molar-refractivity contribution < 1.29 is 4.74 Å². The Labute approximate surface area is 132 Å². The number of halogens is 1. The summed E-state index contributed by atoms with van der Waals surface area (Å²) in [6.07, 6.45) is 0. The topological polar surface area (TPSA) is 21.3 Å². The SMILES string of the molecule is CCNCc1cccc(Cl)c1OCc1cc(C)ccc1C. The van der Waals surface area contributed by atoms with E-state index >= 15 is 0 Å². The maximum absolute atomic E-state index is 6.29. The van der Waals surface area contributed by atoms with Gasteiger partial charge in [0.15, 0.2) is 0 Å². The molecule has 0 fully saturated rings. The molecule has 0 aromatic heterocycles. The van der Waals surface area contributed by atoms with Gasteiger partial charge in [-0.25, -0.2) is 0 Å². The first-order valence-electron chi connectivity index (χ1n) is 7.29. The van der Waals surface area contributed by atoms with Crippen LogP contribution in [0, 0.1) is 13.8 Å². The molecule has 112 valence electrons. The predicted molar refractivity (Wildman–Crippen MR) is 89.1 cm³/mol. The number of aryl methyl sites for hydroxylation is 2. The van der Waals surface area contributed by atoms with Gasteiger partial charge in [-0.05, 0) is 37.6 Å². The van der Waals surface area contributed by atoms with Gasteiger partial charge in [-0.1, -0.05) is 54.4 Å². The minimum atomic E-state index is 0.538. The zero-order valence-electron chi connectivity index (χ0n) is 12.9. The van der Waals surface area contributed by atoms with E-state index in [0.717, 1.165) is 24.4 Å². The van der Waals surface area contributed by atoms with Crippen LogP contribution in [0.2, 0.25) is 5.02 Å². The van der Waals surface area contributed by atoms with E-state index in [4.69, 9.17) is 16.3 Å². The van der Waals surface area contributed by atoms with Crippen LogP contribution in [0.1, 0.15) is 29.2 Å². The Hall–Kier alpha value is -1.51. The van der Waals surface area contributed by atoms with Crippen molar-refractivity contribution in [3.63, 3.8) is 0 Å².